The second-order valence-electron chi connectivity index (χ2n) is 40.6. The Hall–Kier alpha value is 0.0971. The zero-order valence-electron chi connectivity index (χ0n) is 93.4. The van der Waals surface area contributed by atoms with E-state index in [0.29, 0.717) is 58.8 Å². The Morgan fingerprint density at radius 1 is 0.238 bits per heavy atom. The molecule has 8 rings (SSSR count). The molecular formula is C110H212Cl4N4O8Ti4-4. The van der Waals surface area contributed by atoms with Gasteiger partial charge >= 0.3 is 71.3 Å². The summed E-state index contributed by atoms with van der Waals surface area (Å²) in [6, 6.07) is 18.5. The van der Waals surface area contributed by atoms with Gasteiger partial charge in [0.25, 0.3) is 0 Å². The number of likely N-dealkylation sites (N-methyl/N-ethyl adjacent to an activating group) is 4. The molecule has 10 N–H and O–H groups in total. The fourth-order valence-corrected chi connectivity index (χ4v) is 19.5. The third kappa shape index (κ3) is 50.7. The third-order valence-corrected chi connectivity index (χ3v) is 30.7. The molecule has 0 amide bonds. The Morgan fingerprint density at radius 2 is 0.323 bits per heavy atom. The van der Waals surface area contributed by atoms with Gasteiger partial charge in [0.1, 0.15) is 11.5 Å². The Kier molecular flexibility index (Phi) is 96.4. The third-order valence-electron chi connectivity index (χ3n) is 30.7. The fraction of sp³-hybridized carbons (Fsp3) is 0.745. The molecule has 12 nitrogen and oxygen atoms in total. The molecular weight excluding hydrogens is 1840 g/mol. The average molecular weight is 2050 g/mol. The monoisotopic (exact) mass is 2050 g/mol. The minimum atomic E-state index is -0.556. The van der Waals surface area contributed by atoms with Crippen LogP contribution in [0.15, 0.2) is 48.5 Å². The molecule has 20 heteroatoms. The van der Waals surface area contributed by atoms with Crippen molar-refractivity contribution < 1.29 is 119 Å². The number of aliphatic hydroxyl groups is 4. The number of rotatable bonds is 22. The maximum atomic E-state index is 10.7. The number of aromatic hydroxyl groups is 2. The normalized spacial score (nSPS) is 24.0. The summed E-state index contributed by atoms with van der Waals surface area (Å²) < 4.78 is 0. The van der Waals surface area contributed by atoms with E-state index in [1.54, 1.807) is 0 Å². The van der Waals surface area contributed by atoms with Crippen molar-refractivity contribution in [3.8, 4) is 11.5 Å². The molecule has 0 unspecified atom stereocenters. The average Bonchev–Trinajstić information content (AvgIpc) is 1.20. The van der Waals surface area contributed by atoms with Crippen LogP contribution in [0.1, 0.15) is 374 Å². The summed E-state index contributed by atoms with van der Waals surface area (Å²) in [6.07, 6.45) is 0. The largest absolute Gasteiger partial charge is 0 e. The van der Waals surface area contributed by atoms with Gasteiger partial charge in [0.05, 0.1) is 0 Å². The molecule has 0 heterocycles. The minimum absolute atomic E-state index is 0. The first-order valence-electron chi connectivity index (χ1n) is 47.1. The molecule has 4 aliphatic carbocycles. The van der Waals surface area contributed by atoms with E-state index in [-0.39, 0.29) is 84.1 Å². The standard InChI is InChI=1S/2C31H50N2O.4C10H20.4CH4O.4CH3.4ClH.2H2O.4Ti/c2*1-20(2)27-14-25(15-28(21(3)4)24(27)9)18-32(10)12-13-33(11)19-26-16-29(22(5)6)31(34)30(17-26)23(7)8;4*1-6-7(2)9(4)10(5)8(6)3;4*1-2;;;;;;;;;;;;;;/h2*14-17,20-23,34H,12-13,18-19H2,1-11H3;4*6-10H,1-5H3;4*2H,1H3;4*1H3;4*1H;2*1H2;;;;/q;;;;;;;;;;4*-1;;;;;;;;;2*+2/p-4. The van der Waals surface area contributed by atoms with E-state index < -0.39 is 34.1 Å². The SMILES string of the molecule is CC1C(C)C(C)C(C)C1C.CC1C(C)C(C)C(C)C1C.CC1C(C)C(C)C(C)C1C.CC1C(C)C(C)C(C)C1C.CO.CO.CO.CO.Cc1c(C(C)C)cc(CN(C)CCN(C)Cc2cc(C(C)C)c(O)c(C(C)C)c2)cc1C(C)C.Cc1c(C(C)C)cc(CN(C)CCN(C)Cc2cc(C(C)C)c(O)c(C(C)C)c2)cc1C(C)C.O.O.[CH3-].[CH3-].[CH3-].[CH3-].[Cl][Ti][Cl].[Cl][Ti][Cl].[Ti].[Ti]. The summed E-state index contributed by atoms with van der Waals surface area (Å²) >= 11 is -1.11. The topological polar surface area (TPSA) is 197 Å². The zero-order chi connectivity index (χ0) is 96.4. The maximum absolute atomic E-state index is 10.7. The van der Waals surface area contributed by atoms with Gasteiger partial charge in [-0.2, -0.15) is 0 Å². The van der Waals surface area contributed by atoms with Crippen molar-refractivity contribution in [2.24, 2.45) is 118 Å². The summed E-state index contributed by atoms with van der Waals surface area (Å²) in [6.45, 7) is 95.9. The molecule has 0 atom stereocenters. The first-order chi connectivity index (χ1) is 56.7. The number of hydrogen-bond donors (Lipinski definition) is 6. The van der Waals surface area contributed by atoms with Gasteiger partial charge in [-0.25, -0.2) is 0 Å². The van der Waals surface area contributed by atoms with Crippen LogP contribution in [0, 0.1) is 162 Å². The Labute approximate surface area is 873 Å². The number of halogens is 4. The zero-order valence-corrected chi connectivity index (χ0v) is 103. The van der Waals surface area contributed by atoms with Crippen molar-refractivity contribution in [1.82, 2.24) is 19.6 Å². The van der Waals surface area contributed by atoms with Gasteiger partial charge in [-0.3, -0.25) is 0 Å². The second kappa shape index (κ2) is 80.6. The van der Waals surface area contributed by atoms with Crippen LogP contribution in [0.2, 0.25) is 0 Å². The molecule has 0 radical (unpaired) electrons. The van der Waals surface area contributed by atoms with E-state index in [4.69, 9.17) is 57.6 Å². The van der Waals surface area contributed by atoms with Gasteiger partial charge in [-0.15, -0.1) is 0 Å². The van der Waals surface area contributed by atoms with E-state index in [1.807, 2.05) is 0 Å². The number of benzene rings is 4. The molecule has 4 aromatic carbocycles. The smallest absolute Gasteiger partial charge is 0 e. The minimum Gasteiger partial charge on any atom is 0 e. The Morgan fingerprint density at radius 3 is 0.408 bits per heavy atom. The van der Waals surface area contributed by atoms with E-state index >= 15 is 0 Å². The molecule has 768 valence electrons. The van der Waals surface area contributed by atoms with Crippen LogP contribution in [0.4, 0.5) is 0 Å². The predicted molar refractivity (Wildman–Crippen MR) is 569 cm³/mol. The summed E-state index contributed by atoms with van der Waals surface area (Å²) in [5, 5.41) is 49.4. The molecule has 0 aliphatic heterocycles. The van der Waals surface area contributed by atoms with Gasteiger partial charge in [0.15, 0.2) is 0 Å². The van der Waals surface area contributed by atoms with Crippen LogP contribution in [-0.2, 0) is 104 Å². The van der Waals surface area contributed by atoms with Crippen molar-refractivity contribution in [2.75, 3.05) is 82.8 Å². The number of nitrogens with zero attached hydrogens (tertiary/aromatic N) is 4. The second-order valence-corrected chi connectivity index (χ2v) is 45.7. The summed E-state index contributed by atoms with van der Waals surface area (Å²) in [5.74, 6) is 23.1. The van der Waals surface area contributed by atoms with Gasteiger partial charge in [0.2, 0.25) is 0 Å². The van der Waals surface area contributed by atoms with Crippen molar-refractivity contribution >= 4 is 37.2 Å². The fourth-order valence-electron chi connectivity index (χ4n) is 19.5. The maximum Gasteiger partial charge on any atom is 0 e. The molecule has 4 aromatic rings. The van der Waals surface area contributed by atoms with Gasteiger partial charge in [-0.1, -0.05) is 298 Å². The Balaban J connectivity index is -0.000000133. The molecule has 0 spiro atoms. The first kappa shape index (κ1) is 155. The molecule has 4 aliphatic rings. The van der Waals surface area contributed by atoms with Crippen LogP contribution >= 0.6 is 37.2 Å². The van der Waals surface area contributed by atoms with Gasteiger partial charge in [0, 0.05) is 124 Å². The van der Waals surface area contributed by atoms with E-state index in [0.717, 1.165) is 221 Å². The summed E-state index contributed by atoms with van der Waals surface area (Å²) in [5.41, 5.74) is 18.5. The van der Waals surface area contributed by atoms with E-state index in [1.165, 1.54) is 55.6 Å². The number of phenolic OH excluding ortho intramolecular Hbond substituents is 2. The van der Waals surface area contributed by atoms with Crippen LogP contribution in [0.25, 0.3) is 0 Å². The predicted octanol–water partition coefficient (Wildman–Crippen LogP) is 29.6. The van der Waals surface area contributed by atoms with Crippen molar-refractivity contribution in [3.05, 3.63) is 156 Å². The molecule has 0 bridgehead atoms. The number of hydrogen-bond acceptors (Lipinski definition) is 10. The summed E-state index contributed by atoms with van der Waals surface area (Å²) in [7, 11) is 32.4. The van der Waals surface area contributed by atoms with Crippen LogP contribution in [0.3, 0.4) is 0 Å². The molecule has 0 aromatic heterocycles. The van der Waals surface area contributed by atoms with Crippen molar-refractivity contribution in [3.63, 3.8) is 0 Å². The van der Waals surface area contributed by atoms with Crippen LogP contribution in [0.5, 0.6) is 11.5 Å². The quantitative estimate of drug-likeness (QED) is 0.0325. The number of aliphatic hydroxyl groups excluding tert-OH is 4. The van der Waals surface area contributed by atoms with Crippen molar-refractivity contribution in [2.45, 2.75) is 337 Å². The molecule has 0 saturated heterocycles. The summed E-state index contributed by atoms with van der Waals surface area (Å²) in [4.78, 5) is 9.66. The van der Waals surface area contributed by atoms with Crippen molar-refractivity contribution in [1.29, 1.82) is 0 Å². The van der Waals surface area contributed by atoms with Crippen LogP contribution < -0.4 is 0 Å². The van der Waals surface area contributed by atoms with Crippen LogP contribution in [-0.4, -0.2) is 144 Å². The first-order valence-corrected chi connectivity index (χ1v) is 55.7. The molecule has 4 fully saturated rings. The molecule has 4 saturated carbocycles. The Bertz CT molecular complexity index is 2660. The van der Waals surface area contributed by atoms with E-state index in [2.05, 4.69) is 359 Å². The van der Waals surface area contributed by atoms with Gasteiger partial charge < -0.3 is 90.9 Å². The number of phenols is 2. The van der Waals surface area contributed by atoms with Gasteiger partial charge in [-0.05, 0) is 286 Å². The van der Waals surface area contributed by atoms with E-state index in [9.17, 15) is 10.2 Å². The molecule has 130 heavy (non-hydrogen) atoms.